The van der Waals surface area contributed by atoms with Crippen LogP contribution in [-0.2, 0) is 31.4 Å². The van der Waals surface area contributed by atoms with Crippen molar-refractivity contribution in [3.8, 4) is 0 Å². The number of rotatable bonds is 9. The van der Waals surface area contributed by atoms with Crippen LogP contribution >= 0.6 is 0 Å². The maximum absolute atomic E-state index is 14.4. The highest BCUT2D eigenvalue weighted by molar-refractivity contribution is 7.92. The molecule has 3 atom stereocenters. The lowest BCUT2D eigenvalue weighted by atomic mass is 9.89. The molecule has 220 valence electrons. The Balaban J connectivity index is 1.48. The second-order valence-corrected chi connectivity index (χ2v) is 13.6. The number of nitrogens with zero attached hydrogens (tertiary/aromatic N) is 5. The van der Waals surface area contributed by atoms with Gasteiger partial charge >= 0.3 is 0 Å². The van der Waals surface area contributed by atoms with Crippen molar-refractivity contribution < 1.29 is 18.0 Å². The van der Waals surface area contributed by atoms with Gasteiger partial charge in [-0.25, -0.2) is 17.9 Å². The highest BCUT2D eigenvalue weighted by atomic mass is 32.2. The number of aryl methyl sites for hydroxylation is 2. The SMILES string of the molecule is CC[C@@H](c1cc2nc(N3CC[C@H](N)C3)c(C)cn2n1)N(C)C(=O)C1(NC(=O)CS(=O)(=O)CC)CCc2ccccc21. The van der Waals surface area contributed by atoms with Gasteiger partial charge in [-0.15, -0.1) is 0 Å². The van der Waals surface area contributed by atoms with E-state index in [4.69, 9.17) is 15.8 Å². The molecule has 3 heterocycles. The minimum atomic E-state index is -3.57. The van der Waals surface area contributed by atoms with Crippen LogP contribution in [0, 0.1) is 6.92 Å². The van der Waals surface area contributed by atoms with Crippen LogP contribution in [0.15, 0.2) is 36.5 Å². The fourth-order valence-corrected chi connectivity index (χ4v) is 6.87. The summed E-state index contributed by atoms with van der Waals surface area (Å²) in [6.45, 7) is 7.10. The smallest absolute Gasteiger partial charge is 0.253 e. The summed E-state index contributed by atoms with van der Waals surface area (Å²) in [4.78, 5) is 36.2. The highest BCUT2D eigenvalue weighted by Crippen LogP contribution is 2.40. The molecule has 3 aromatic rings. The number of hydrogen-bond donors (Lipinski definition) is 2. The third-order valence-corrected chi connectivity index (χ3v) is 10.0. The Hall–Kier alpha value is -3.51. The zero-order valence-electron chi connectivity index (χ0n) is 24.1. The Morgan fingerprint density at radius 1 is 1.27 bits per heavy atom. The molecule has 5 rings (SSSR count). The van der Waals surface area contributed by atoms with Gasteiger partial charge in [0.15, 0.2) is 15.5 Å². The number of benzene rings is 1. The summed E-state index contributed by atoms with van der Waals surface area (Å²) in [6.07, 6.45) is 4.38. The van der Waals surface area contributed by atoms with Gasteiger partial charge in [-0.05, 0) is 43.7 Å². The van der Waals surface area contributed by atoms with E-state index in [1.165, 1.54) is 6.92 Å². The molecule has 11 nitrogen and oxygen atoms in total. The average Bonchev–Trinajstić information content (AvgIpc) is 3.65. The number of anilines is 1. The van der Waals surface area contributed by atoms with Gasteiger partial charge in [-0.2, -0.15) is 5.10 Å². The lowest BCUT2D eigenvalue weighted by molar-refractivity contribution is -0.143. The van der Waals surface area contributed by atoms with Crippen molar-refractivity contribution in [1.82, 2.24) is 24.8 Å². The van der Waals surface area contributed by atoms with Crippen LogP contribution in [0.4, 0.5) is 5.82 Å². The fraction of sp³-hybridized carbons (Fsp3) is 0.517. The number of amides is 2. The van der Waals surface area contributed by atoms with Gasteiger partial charge in [0.1, 0.15) is 17.1 Å². The van der Waals surface area contributed by atoms with Crippen molar-refractivity contribution in [2.24, 2.45) is 5.73 Å². The van der Waals surface area contributed by atoms with E-state index < -0.39 is 33.1 Å². The number of sulfone groups is 1. The third kappa shape index (κ3) is 5.42. The Morgan fingerprint density at radius 3 is 2.71 bits per heavy atom. The molecule has 0 bridgehead atoms. The topological polar surface area (TPSA) is 143 Å². The first-order valence-corrected chi connectivity index (χ1v) is 16.0. The molecule has 1 fully saturated rings. The van der Waals surface area contributed by atoms with E-state index in [-0.39, 0.29) is 17.7 Å². The molecule has 12 heteroatoms. The van der Waals surface area contributed by atoms with Gasteiger partial charge in [-0.3, -0.25) is 9.59 Å². The molecule has 2 aliphatic rings. The molecule has 0 radical (unpaired) electrons. The van der Waals surface area contributed by atoms with Crippen LogP contribution in [0.3, 0.4) is 0 Å². The van der Waals surface area contributed by atoms with Crippen molar-refractivity contribution >= 4 is 33.1 Å². The van der Waals surface area contributed by atoms with Crippen LogP contribution in [0.5, 0.6) is 0 Å². The number of hydrogen-bond acceptors (Lipinski definition) is 8. The summed E-state index contributed by atoms with van der Waals surface area (Å²) in [6, 6.07) is 9.15. The van der Waals surface area contributed by atoms with Crippen molar-refractivity contribution in [2.45, 2.75) is 64.1 Å². The lowest BCUT2D eigenvalue weighted by Crippen LogP contribution is -2.57. The number of aromatic nitrogens is 3. The minimum Gasteiger partial charge on any atom is -0.355 e. The van der Waals surface area contributed by atoms with Gasteiger partial charge in [0.05, 0.1) is 11.7 Å². The number of nitrogens with one attached hydrogen (secondary N) is 1. The van der Waals surface area contributed by atoms with Gasteiger partial charge < -0.3 is 20.9 Å². The Bertz CT molecular complexity index is 1590. The Kier molecular flexibility index (Phi) is 7.82. The van der Waals surface area contributed by atoms with E-state index in [9.17, 15) is 18.0 Å². The van der Waals surface area contributed by atoms with Crippen molar-refractivity contribution in [3.05, 3.63) is 58.9 Å². The van der Waals surface area contributed by atoms with Crippen LogP contribution in [-0.4, -0.2) is 77.4 Å². The third-order valence-electron chi connectivity index (χ3n) is 8.42. The fourth-order valence-electron chi connectivity index (χ4n) is 6.20. The second-order valence-electron chi connectivity index (χ2n) is 11.2. The van der Waals surface area contributed by atoms with Gasteiger partial charge in [0, 0.05) is 49.8 Å². The van der Waals surface area contributed by atoms with E-state index >= 15 is 0 Å². The zero-order chi connectivity index (χ0) is 29.5. The largest absolute Gasteiger partial charge is 0.355 e. The molecule has 1 aliphatic carbocycles. The normalized spacial score (nSPS) is 21.2. The van der Waals surface area contributed by atoms with Crippen molar-refractivity contribution in [3.63, 3.8) is 0 Å². The van der Waals surface area contributed by atoms with Crippen LogP contribution < -0.4 is 16.0 Å². The predicted molar refractivity (Wildman–Crippen MR) is 157 cm³/mol. The van der Waals surface area contributed by atoms with Crippen LogP contribution in [0.1, 0.15) is 61.5 Å². The first-order chi connectivity index (χ1) is 19.5. The summed E-state index contributed by atoms with van der Waals surface area (Å²) < 4.78 is 26.2. The van der Waals surface area contributed by atoms with Crippen molar-refractivity contribution in [2.75, 3.05) is 36.5 Å². The predicted octanol–water partition coefficient (Wildman–Crippen LogP) is 1.88. The molecule has 2 amide bonds. The quantitative estimate of drug-likeness (QED) is 0.390. The number of fused-ring (bicyclic) bond motifs is 2. The van der Waals surface area contributed by atoms with Crippen LogP contribution in [0.25, 0.3) is 5.65 Å². The standard InChI is InChI=1S/C29H39N7O4S/c1-5-24(23-15-25-31-27(19(3)16-36(25)33-23)35-14-12-21(30)17-35)34(4)28(38)29(32-26(37)18-41(39,40)6-2)13-11-20-9-7-8-10-22(20)29/h7-10,15-16,21,24H,5-6,11-14,17-18,30H2,1-4H3,(H,32,37)/t21-,24-,29?/m0/s1. The average molecular weight is 582 g/mol. The number of likely N-dealkylation sites (N-methyl/N-ethyl adjacent to an activating group) is 1. The minimum absolute atomic E-state index is 0.132. The summed E-state index contributed by atoms with van der Waals surface area (Å²) in [7, 11) is -1.86. The molecule has 1 aromatic carbocycles. The monoisotopic (exact) mass is 581 g/mol. The van der Waals surface area contributed by atoms with Gasteiger partial charge in [0.25, 0.3) is 5.91 Å². The second kappa shape index (κ2) is 11.1. The van der Waals surface area contributed by atoms with Gasteiger partial charge in [0.2, 0.25) is 5.91 Å². The number of carbonyl (C=O) groups excluding carboxylic acids is 2. The zero-order valence-corrected chi connectivity index (χ0v) is 24.9. The lowest BCUT2D eigenvalue weighted by Gasteiger charge is -2.37. The summed E-state index contributed by atoms with van der Waals surface area (Å²) in [5.74, 6) is -0.905. The summed E-state index contributed by atoms with van der Waals surface area (Å²) in [5, 5.41) is 7.66. The molecule has 1 aliphatic heterocycles. The highest BCUT2D eigenvalue weighted by Gasteiger charge is 2.49. The van der Waals surface area contributed by atoms with E-state index in [1.807, 2.05) is 50.4 Å². The maximum Gasteiger partial charge on any atom is 0.253 e. The first-order valence-electron chi connectivity index (χ1n) is 14.2. The molecule has 0 saturated carbocycles. The number of nitrogens with two attached hydrogens (primary N) is 1. The Labute approximate surface area is 241 Å². The molecular formula is C29H39N7O4S. The molecule has 2 aromatic heterocycles. The molecular weight excluding hydrogens is 542 g/mol. The first kappa shape index (κ1) is 29.0. The molecule has 41 heavy (non-hydrogen) atoms. The van der Waals surface area contributed by atoms with Crippen LogP contribution in [0.2, 0.25) is 0 Å². The van der Waals surface area contributed by atoms with E-state index in [1.54, 1.807) is 16.5 Å². The summed E-state index contributed by atoms with van der Waals surface area (Å²) in [5.41, 5.74) is 8.78. The Morgan fingerprint density at radius 2 is 2.02 bits per heavy atom. The van der Waals surface area contributed by atoms with E-state index in [2.05, 4.69) is 10.2 Å². The maximum atomic E-state index is 14.4. The van der Waals surface area contributed by atoms with Crippen molar-refractivity contribution in [1.29, 1.82) is 0 Å². The molecule has 1 unspecified atom stereocenters. The molecule has 0 spiro atoms. The van der Waals surface area contributed by atoms with Gasteiger partial charge in [-0.1, -0.05) is 38.1 Å². The molecule has 1 saturated heterocycles. The summed E-state index contributed by atoms with van der Waals surface area (Å²) >= 11 is 0. The molecule has 3 N–H and O–H groups in total. The van der Waals surface area contributed by atoms with E-state index in [0.717, 1.165) is 36.5 Å². The number of carbonyl (C=O) groups is 2. The van der Waals surface area contributed by atoms with E-state index in [0.29, 0.717) is 36.2 Å².